The Bertz CT molecular complexity index is 1080. The van der Waals surface area contributed by atoms with Crippen LogP contribution in [0.25, 0.3) is 0 Å². The smallest absolute Gasteiger partial charge is 0.131 e. The number of nitrogens with one attached hydrogen (secondary N) is 2. The van der Waals surface area contributed by atoms with Gasteiger partial charge in [-0.05, 0) is 36.3 Å². The van der Waals surface area contributed by atoms with Gasteiger partial charge < -0.3 is 20.8 Å². The molecule has 0 aliphatic rings. The fraction of sp³-hybridized carbons (Fsp3) is 0.294. The molecule has 0 bridgehead atoms. The molecule has 0 saturated heterocycles. The van der Waals surface area contributed by atoms with E-state index in [-0.39, 0.29) is 12.1 Å². The van der Waals surface area contributed by atoms with Crippen molar-refractivity contribution in [1.82, 2.24) is 10.6 Å². The third-order valence-electron chi connectivity index (χ3n) is 7.50. The van der Waals surface area contributed by atoms with Crippen molar-refractivity contribution in [1.29, 1.82) is 0 Å². The second-order valence-corrected chi connectivity index (χ2v) is 12.1. The molecular weight excluding hydrogens is 533 g/mol. The first-order valence-corrected chi connectivity index (χ1v) is 16.0. The lowest BCUT2D eigenvalue weighted by molar-refractivity contribution is 0.0481. The third kappa shape index (κ3) is 6.82. The Labute approximate surface area is 247 Å². The quantitative estimate of drug-likeness (QED) is 0.141. The Kier molecular flexibility index (Phi) is 11.3. The molecule has 210 valence electrons. The highest BCUT2D eigenvalue weighted by atomic mass is 32.2. The molecule has 0 saturated carbocycles. The highest BCUT2D eigenvalue weighted by molar-refractivity contribution is 8.02. The van der Waals surface area contributed by atoms with Gasteiger partial charge in [0.15, 0.2) is 0 Å². The van der Waals surface area contributed by atoms with Crippen LogP contribution in [0.1, 0.15) is 22.3 Å². The van der Waals surface area contributed by atoms with Gasteiger partial charge in [0.2, 0.25) is 0 Å². The van der Waals surface area contributed by atoms with E-state index >= 15 is 0 Å². The molecule has 2 atom stereocenters. The van der Waals surface area contributed by atoms with E-state index in [4.69, 9.17) is 0 Å². The predicted molar refractivity (Wildman–Crippen MR) is 172 cm³/mol. The zero-order valence-electron chi connectivity index (χ0n) is 23.2. The minimum absolute atomic E-state index is 0.168. The number of benzene rings is 4. The summed E-state index contributed by atoms with van der Waals surface area (Å²) in [5, 5.41) is 31.0. The van der Waals surface area contributed by atoms with Crippen molar-refractivity contribution in [3.63, 3.8) is 0 Å². The van der Waals surface area contributed by atoms with Gasteiger partial charge in [0, 0.05) is 23.0 Å². The summed E-state index contributed by atoms with van der Waals surface area (Å²) in [4.78, 5) is 0. The molecule has 4 rings (SSSR count). The number of hydrogen-bond acceptors (Lipinski definition) is 6. The zero-order chi connectivity index (χ0) is 28.3. The summed E-state index contributed by atoms with van der Waals surface area (Å²) in [5.41, 5.74) is 1.25. The van der Waals surface area contributed by atoms with E-state index in [1.807, 2.05) is 159 Å². The summed E-state index contributed by atoms with van der Waals surface area (Å²) in [5.74, 6) is 3.39. The number of hydrogen-bond donors (Lipinski definition) is 4. The number of rotatable bonds is 15. The molecule has 0 spiro atoms. The van der Waals surface area contributed by atoms with E-state index in [1.165, 1.54) is 0 Å². The molecule has 40 heavy (non-hydrogen) atoms. The van der Waals surface area contributed by atoms with Gasteiger partial charge in [-0.3, -0.25) is 0 Å². The molecule has 4 aromatic rings. The van der Waals surface area contributed by atoms with Crippen molar-refractivity contribution in [2.75, 3.05) is 37.1 Å². The molecule has 0 aromatic heterocycles. The third-order valence-corrected chi connectivity index (χ3v) is 9.88. The lowest BCUT2D eigenvalue weighted by Crippen LogP contribution is -2.50. The van der Waals surface area contributed by atoms with Gasteiger partial charge in [-0.15, -0.1) is 0 Å². The molecule has 0 fully saturated rings. The largest absolute Gasteiger partial charge is 0.379 e. The second-order valence-electron chi connectivity index (χ2n) is 9.83. The highest BCUT2D eigenvalue weighted by Gasteiger charge is 2.40. The summed E-state index contributed by atoms with van der Waals surface area (Å²) in [6.07, 6.45) is 0. The van der Waals surface area contributed by atoms with Gasteiger partial charge in [0.25, 0.3) is 0 Å². The topological polar surface area (TPSA) is 64.5 Å². The first kappa shape index (κ1) is 30.4. The number of thioether (sulfide) groups is 2. The van der Waals surface area contributed by atoms with Crippen LogP contribution >= 0.6 is 23.5 Å². The lowest BCUT2D eigenvalue weighted by atomic mass is 9.81. The Morgan fingerprint density at radius 2 is 0.750 bits per heavy atom. The van der Waals surface area contributed by atoms with Crippen LogP contribution in [0.5, 0.6) is 0 Å². The first-order valence-electron chi connectivity index (χ1n) is 13.7. The monoisotopic (exact) mass is 572 g/mol. The van der Waals surface area contributed by atoms with Crippen LogP contribution < -0.4 is 10.6 Å². The Hall–Kier alpha value is -2.58. The van der Waals surface area contributed by atoms with Gasteiger partial charge in [0.1, 0.15) is 11.2 Å². The van der Waals surface area contributed by atoms with Crippen molar-refractivity contribution < 1.29 is 10.2 Å². The molecular formula is C34H40N2O2S2. The van der Waals surface area contributed by atoms with Crippen LogP contribution in [0.3, 0.4) is 0 Å². The van der Waals surface area contributed by atoms with Crippen LogP contribution in [0.15, 0.2) is 121 Å². The van der Waals surface area contributed by atoms with E-state index in [9.17, 15) is 10.2 Å². The van der Waals surface area contributed by atoms with Gasteiger partial charge >= 0.3 is 0 Å². The summed E-state index contributed by atoms with van der Waals surface area (Å²) < 4.78 is 0. The Balaban J connectivity index is 1.39. The summed E-state index contributed by atoms with van der Waals surface area (Å²) in [6, 6.07) is 39.4. The predicted octanol–water partition coefficient (Wildman–Crippen LogP) is 5.50. The normalized spacial score (nSPS) is 13.6. The fourth-order valence-electron chi connectivity index (χ4n) is 5.25. The van der Waals surface area contributed by atoms with Crippen molar-refractivity contribution in [2.45, 2.75) is 23.3 Å². The van der Waals surface area contributed by atoms with Gasteiger partial charge in [-0.1, -0.05) is 121 Å². The van der Waals surface area contributed by atoms with Crippen LogP contribution in [0, 0.1) is 0 Å². The molecule has 0 aliphatic heterocycles. The van der Waals surface area contributed by atoms with Crippen LogP contribution in [-0.4, -0.2) is 59.4 Å². The molecule has 0 heterocycles. The highest BCUT2D eigenvalue weighted by Crippen LogP contribution is 2.36. The minimum atomic E-state index is -1.14. The molecule has 6 heteroatoms. The van der Waals surface area contributed by atoms with Crippen LogP contribution in [-0.2, 0) is 11.2 Å². The van der Waals surface area contributed by atoms with Crippen LogP contribution in [0.4, 0.5) is 0 Å². The van der Waals surface area contributed by atoms with Crippen molar-refractivity contribution in [3.05, 3.63) is 144 Å². The molecule has 0 unspecified atom stereocenters. The van der Waals surface area contributed by atoms with E-state index in [0.717, 1.165) is 45.3 Å². The van der Waals surface area contributed by atoms with Crippen molar-refractivity contribution >= 4 is 23.5 Å². The maximum absolute atomic E-state index is 12.1. The van der Waals surface area contributed by atoms with Gasteiger partial charge in [-0.25, -0.2) is 0 Å². The maximum Gasteiger partial charge on any atom is 0.131 e. The Morgan fingerprint density at radius 1 is 0.500 bits per heavy atom. The first-order chi connectivity index (χ1) is 19.5. The number of likely N-dealkylation sites (N-methyl/N-ethyl adjacent to an activating group) is 2. The zero-order valence-corrected chi connectivity index (χ0v) is 24.9. The van der Waals surface area contributed by atoms with E-state index in [1.54, 1.807) is 0 Å². The summed E-state index contributed by atoms with van der Waals surface area (Å²) in [7, 11) is 3.84. The van der Waals surface area contributed by atoms with Gasteiger partial charge in [-0.2, -0.15) is 23.5 Å². The molecule has 4 N–H and O–H groups in total. The number of aliphatic hydroxyl groups is 2. The average Bonchev–Trinajstić information content (AvgIpc) is 3.03. The molecule has 4 nitrogen and oxygen atoms in total. The molecule has 4 aromatic carbocycles. The van der Waals surface area contributed by atoms with Crippen molar-refractivity contribution in [3.8, 4) is 0 Å². The SMILES string of the molecule is CN[C@@H](CSCCSC[C@H](NC)C(O)(c1ccccc1)c1ccccc1)C(O)(c1ccccc1)c1ccccc1. The lowest BCUT2D eigenvalue weighted by Gasteiger charge is -2.37. The van der Waals surface area contributed by atoms with E-state index < -0.39 is 11.2 Å². The van der Waals surface area contributed by atoms with Crippen molar-refractivity contribution in [2.24, 2.45) is 0 Å². The second kappa shape index (κ2) is 14.9. The molecule has 0 aliphatic carbocycles. The summed E-state index contributed by atoms with van der Waals surface area (Å²) >= 11 is 3.67. The van der Waals surface area contributed by atoms with E-state index in [0.29, 0.717) is 0 Å². The van der Waals surface area contributed by atoms with E-state index in [2.05, 4.69) is 10.6 Å². The molecule has 0 amide bonds. The maximum atomic E-state index is 12.1. The van der Waals surface area contributed by atoms with Gasteiger partial charge in [0.05, 0.1) is 12.1 Å². The van der Waals surface area contributed by atoms with Crippen LogP contribution in [0.2, 0.25) is 0 Å². The Morgan fingerprint density at radius 3 is 0.975 bits per heavy atom. The minimum Gasteiger partial charge on any atom is -0.379 e. The molecule has 0 radical (unpaired) electrons. The summed E-state index contributed by atoms with van der Waals surface area (Å²) in [6.45, 7) is 0. The standard InChI is InChI=1S/C34H40N2O2S2/c1-35-31(33(37,27-15-7-3-8-16-27)28-17-9-4-10-18-28)25-39-23-24-40-26-32(36-2)34(38,29-19-11-5-12-20-29)30-21-13-6-14-22-30/h3-22,31-32,35-38H,23-26H2,1-2H3/t31-,32-/m0/s1. The fourth-order valence-corrected chi connectivity index (χ4v) is 7.82. The average molecular weight is 573 g/mol.